The Kier molecular flexibility index (Phi) is 4.02. The number of benzene rings is 2. The normalized spacial score (nSPS) is 10.6. The second-order valence-corrected chi connectivity index (χ2v) is 4.78. The maximum atomic E-state index is 11.8. The van der Waals surface area contributed by atoms with Crippen LogP contribution in [0.5, 0.6) is 0 Å². The molecule has 0 atom stereocenters. The van der Waals surface area contributed by atoms with Gasteiger partial charge in [-0.05, 0) is 23.3 Å². The molecule has 3 N–H and O–H groups in total. The maximum Gasteiger partial charge on any atom is 0.414 e. The van der Waals surface area contributed by atoms with E-state index in [9.17, 15) is 4.79 Å². The van der Waals surface area contributed by atoms with E-state index in [-0.39, 0.29) is 13.2 Å². The standard InChI is InChI=1S/C16H15N3O3/c20-9-12-6-7-13-14(8-12)18-15(17-13)19-16(21)22-10-11-4-2-1-3-5-11/h1-8,20H,9-10H2,(H2,17,18,19,21). The van der Waals surface area contributed by atoms with Crippen molar-refractivity contribution < 1.29 is 14.6 Å². The molecule has 6 heteroatoms. The van der Waals surface area contributed by atoms with Crippen LogP contribution < -0.4 is 5.32 Å². The van der Waals surface area contributed by atoms with Crippen LogP contribution in [0.1, 0.15) is 11.1 Å². The van der Waals surface area contributed by atoms with Gasteiger partial charge in [-0.1, -0.05) is 36.4 Å². The molecule has 6 nitrogen and oxygen atoms in total. The predicted molar refractivity (Wildman–Crippen MR) is 82.3 cm³/mol. The molecule has 0 aliphatic rings. The van der Waals surface area contributed by atoms with E-state index in [0.717, 1.165) is 16.6 Å². The van der Waals surface area contributed by atoms with Gasteiger partial charge in [-0.25, -0.2) is 9.78 Å². The number of imidazole rings is 1. The van der Waals surface area contributed by atoms with Gasteiger partial charge in [-0.15, -0.1) is 0 Å². The lowest BCUT2D eigenvalue weighted by Crippen LogP contribution is -2.14. The summed E-state index contributed by atoms with van der Waals surface area (Å²) in [6, 6.07) is 14.8. The number of hydrogen-bond acceptors (Lipinski definition) is 4. The smallest absolute Gasteiger partial charge is 0.414 e. The highest BCUT2D eigenvalue weighted by atomic mass is 16.5. The fourth-order valence-electron chi connectivity index (χ4n) is 2.07. The van der Waals surface area contributed by atoms with Gasteiger partial charge in [0.25, 0.3) is 0 Å². The largest absolute Gasteiger partial charge is 0.444 e. The maximum absolute atomic E-state index is 11.8. The number of carbonyl (C=O) groups is 1. The van der Waals surface area contributed by atoms with Crippen LogP contribution >= 0.6 is 0 Å². The number of fused-ring (bicyclic) bond motifs is 1. The lowest BCUT2D eigenvalue weighted by Gasteiger charge is -2.04. The zero-order valence-electron chi connectivity index (χ0n) is 11.7. The van der Waals surface area contributed by atoms with Crippen molar-refractivity contribution in [1.82, 2.24) is 9.97 Å². The molecule has 0 aliphatic carbocycles. The third-order valence-corrected chi connectivity index (χ3v) is 3.16. The number of hydrogen-bond donors (Lipinski definition) is 3. The van der Waals surface area contributed by atoms with Gasteiger partial charge in [0.15, 0.2) is 0 Å². The van der Waals surface area contributed by atoms with Crippen LogP contribution in [0.2, 0.25) is 0 Å². The quantitative estimate of drug-likeness (QED) is 0.691. The summed E-state index contributed by atoms with van der Waals surface area (Å²) in [6.07, 6.45) is -0.578. The predicted octanol–water partition coefficient (Wildman–Crippen LogP) is 2.80. The Morgan fingerprint density at radius 3 is 2.77 bits per heavy atom. The number of aliphatic hydroxyl groups is 1. The van der Waals surface area contributed by atoms with Crippen molar-refractivity contribution in [2.75, 3.05) is 5.32 Å². The SMILES string of the molecule is O=C(Nc1nc2ccc(CO)cc2[nH]1)OCc1ccccc1. The van der Waals surface area contributed by atoms with Crippen LogP contribution in [-0.2, 0) is 18.0 Å². The summed E-state index contributed by atoms with van der Waals surface area (Å²) >= 11 is 0. The zero-order chi connectivity index (χ0) is 15.4. The number of aromatic amines is 1. The summed E-state index contributed by atoms with van der Waals surface area (Å²) in [5, 5.41) is 11.7. The first-order valence-electron chi connectivity index (χ1n) is 6.82. The number of aromatic nitrogens is 2. The van der Waals surface area contributed by atoms with Crippen molar-refractivity contribution in [3.63, 3.8) is 0 Å². The van der Waals surface area contributed by atoms with Gasteiger partial charge in [0.05, 0.1) is 17.6 Å². The molecule has 3 aromatic rings. The van der Waals surface area contributed by atoms with E-state index in [1.165, 1.54) is 0 Å². The third-order valence-electron chi connectivity index (χ3n) is 3.16. The van der Waals surface area contributed by atoms with Crippen LogP contribution in [0.25, 0.3) is 11.0 Å². The van der Waals surface area contributed by atoms with E-state index < -0.39 is 6.09 Å². The zero-order valence-corrected chi connectivity index (χ0v) is 11.7. The highest BCUT2D eigenvalue weighted by molar-refractivity contribution is 5.86. The van der Waals surface area contributed by atoms with E-state index in [1.807, 2.05) is 30.3 Å². The minimum atomic E-state index is -0.578. The van der Waals surface area contributed by atoms with Crippen LogP contribution in [0.15, 0.2) is 48.5 Å². The highest BCUT2D eigenvalue weighted by Crippen LogP contribution is 2.16. The molecule has 112 valence electrons. The van der Waals surface area contributed by atoms with Crippen molar-refractivity contribution in [3.05, 3.63) is 59.7 Å². The van der Waals surface area contributed by atoms with Gasteiger partial charge in [0.2, 0.25) is 5.95 Å². The first-order chi connectivity index (χ1) is 10.7. The Morgan fingerprint density at radius 1 is 1.18 bits per heavy atom. The lowest BCUT2D eigenvalue weighted by molar-refractivity contribution is 0.155. The van der Waals surface area contributed by atoms with Crippen molar-refractivity contribution in [2.45, 2.75) is 13.2 Å². The summed E-state index contributed by atoms with van der Waals surface area (Å²) in [7, 11) is 0. The van der Waals surface area contributed by atoms with Gasteiger partial charge < -0.3 is 14.8 Å². The number of nitrogens with zero attached hydrogens (tertiary/aromatic N) is 1. The molecule has 0 radical (unpaired) electrons. The topological polar surface area (TPSA) is 87.2 Å². The van der Waals surface area contributed by atoms with E-state index in [2.05, 4.69) is 15.3 Å². The van der Waals surface area contributed by atoms with Crippen molar-refractivity contribution in [1.29, 1.82) is 0 Å². The molecular weight excluding hydrogens is 282 g/mol. The molecule has 2 aromatic carbocycles. The molecular formula is C16H15N3O3. The average Bonchev–Trinajstić information content (AvgIpc) is 2.95. The molecule has 0 unspecified atom stereocenters. The molecule has 22 heavy (non-hydrogen) atoms. The third kappa shape index (κ3) is 3.24. The Hall–Kier alpha value is -2.86. The summed E-state index contributed by atoms with van der Waals surface area (Å²) < 4.78 is 5.12. The number of nitrogens with one attached hydrogen (secondary N) is 2. The Labute approximate surface area is 126 Å². The number of rotatable bonds is 4. The first-order valence-corrected chi connectivity index (χ1v) is 6.82. The molecule has 1 aromatic heterocycles. The number of anilines is 1. The summed E-state index contributed by atoms with van der Waals surface area (Å²) in [5.74, 6) is 0.308. The van der Waals surface area contributed by atoms with E-state index in [0.29, 0.717) is 11.5 Å². The fourth-order valence-corrected chi connectivity index (χ4v) is 2.07. The van der Waals surface area contributed by atoms with Gasteiger partial charge in [0.1, 0.15) is 6.61 Å². The van der Waals surface area contributed by atoms with Crippen LogP contribution in [0.3, 0.4) is 0 Å². The molecule has 0 saturated carbocycles. The van der Waals surface area contributed by atoms with Crippen LogP contribution in [0, 0.1) is 0 Å². The Morgan fingerprint density at radius 2 is 2.00 bits per heavy atom. The van der Waals surface area contributed by atoms with Gasteiger partial charge >= 0.3 is 6.09 Å². The highest BCUT2D eigenvalue weighted by Gasteiger charge is 2.08. The minimum Gasteiger partial charge on any atom is -0.444 e. The van der Waals surface area contributed by atoms with E-state index >= 15 is 0 Å². The summed E-state index contributed by atoms with van der Waals surface area (Å²) in [4.78, 5) is 19.0. The molecule has 1 heterocycles. The summed E-state index contributed by atoms with van der Waals surface area (Å²) in [6.45, 7) is 0.151. The van der Waals surface area contributed by atoms with Gasteiger partial charge in [0, 0.05) is 0 Å². The monoisotopic (exact) mass is 297 g/mol. The van der Waals surface area contributed by atoms with Gasteiger partial charge in [-0.3, -0.25) is 5.32 Å². The molecule has 0 spiro atoms. The molecule has 0 bridgehead atoms. The molecule has 0 aliphatic heterocycles. The Balaban J connectivity index is 1.63. The number of carbonyl (C=O) groups excluding carboxylic acids is 1. The van der Waals surface area contributed by atoms with Crippen LogP contribution in [0.4, 0.5) is 10.7 Å². The first kappa shape index (κ1) is 14.1. The molecule has 0 fully saturated rings. The minimum absolute atomic E-state index is 0.0448. The van der Waals surface area contributed by atoms with Crippen molar-refractivity contribution in [2.24, 2.45) is 0 Å². The van der Waals surface area contributed by atoms with E-state index in [1.54, 1.807) is 18.2 Å². The van der Waals surface area contributed by atoms with E-state index in [4.69, 9.17) is 9.84 Å². The molecule has 3 rings (SSSR count). The lowest BCUT2D eigenvalue weighted by atomic mass is 10.2. The second kappa shape index (κ2) is 6.28. The molecule has 1 amide bonds. The second-order valence-electron chi connectivity index (χ2n) is 4.78. The number of H-pyrrole nitrogens is 1. The van der Waals surface area contributed by atoms with Crippen LogP contribution in [-0.4, -0.2) is 21.2 Å². The van der Waals surface area contributed by atoms with Crippen molar-refractivity contribution in [3.8, 4) is 0 Å². The fraction of sp³-hybridized carbons (Fsp3) is 0.125. The average molecular weight is 297 g/mol. The number of aliphatic hydroxyl groups excluding tert-OH is 1. The number of amides is 1. The van der Waals surface area contributed by atoms with Crippen molar-refractivity contribution >= 4 is 23.1 Å². The molecule has 0 saturated heterocycles. The Bertz CT molecular complexity index is 784. The number of ether oxygens (including phenoxy) is 1. The van der Waals surface area contributed by atoms with Gasteiger partial charge in [-0.2, -0.15) is 0 Å². The summed E-state index contributed by atoms with van der Waals surface area (Å²) in [5.41, 5.74) is 3.13.